The Balaban J connectivity index is 0.00000144. The number of benzene rings is 1. The van der Waals surface area contributed by atoms with Gasteiger partial charge in [-0.15, -0.1) is 0 Å². The average Bonchev–Trinajstić information content (AvgIpc) is 2.21. The minimum absolute atomic E-state index is 0. The molecule has 1 aromatic rings. The van der Waals surface area contributed by atoms with Crippen LogP contribution in [0.3, 0.4) is 0 Å². The van der Waals surface area contributed by atoms with Crippen LogP contribution in [0.5, 0.6) is 0 Å². The summed E-state index contributed by atoms with van der Waals surface area (Å²) in [5.74, 6) is 0. The molecule has 0 amide bonds. The second-order valence-corrected chi connectivity index (χ2v) is 4.07. The van der Waals surface area contributed by atoms with Gasteiger partial charge in [-0.1, -0.05) is 12.1 Å². The maximum atomic E-state index is 12.4. The minimum atomic E-state index is -4.77. The first-order valence-electron chi connectivity index (χ1n) is 5.23. The van der Waals surface area contributed by atoms with Crippen molar-refractivity contribution >= 4 is 18.4 Å². The first-order valence-corrected chi connectivity index (χ1v) is 5.23. The van der Waals surface area contributed by atoms with Gasteiger partial charge < -0.3 is 22.7 Å². The minimum Gasteiger partial charge on any atom is -0.448 e. The molecule has 2 nitrogen and oxygen atoms in total. The number of hydrogen-bond acceptors (Lipinski definition) is 2. The van der Waals surface area contributed by atoms with Gasteiger partial charge in [0.25, 0.3) is 0 Å². The number of halogens is 3. The standard InChI is InChI=1S/C10H13BF3N2.K/c1-15-6-7-16(8-11(12,13)14)10-5-3-2-4-9(10)15;/h2-5H,6-8H2,1H3;/q-1;+1. The van der Waals surface area contributed by atoms with E-state index in [1.165, 1.54) is 4.90 Å². The van der Waals surface area contributed by atoms with E-state index in [0.29, 0.717) is 18.8 Å². The monoisotopic (exact) mass is 268 g/mol. The molecule has 0 saturated heterocycles. The zero-order valence-corrected chi connectivity index (χ0v) is 13.2. The first-order chi connectivity index (χ1) is 7.47. The Morgan fingerprint density at radius 2 is 1.71 bits per heavy atom. The van der Waals surface area contributed by atoms with Gasteiger partial charge in [0.2, 0.25) is 0 Å². The molecular weight excluding hydrogens is 255 g/mol. The Kier molecular flexibility index (Phi) is 5.40. The molecule has 1 aliphatic rings. The number of hydrogen-bond donors (Lipinski definition) is 0. The molecule has 0 spiro atoms. The zero-order valence-electron chi connectivity index (χ0n) is 10.0. The van der Waals surface area contributed by atoms with Crippen LogP contribution >= 0.6 is 0 Å². The van der Waals surface area contributed by atoms with Crippen molar-refractivity contribution in [1.29, 1.82) is 0 Å². The van der Waals surface area contributed by atoms with Crippen molar-refractivity contribution in [3.8, 4) is 0 Å². The maximum Gasteiger partial charge on any atom is 1.00 e. The summed E-state index contributed by atoms with van der Waals surface area (Å²) in [6.45, 7) is -3.72. The molecule has 1 aromatic carbocycles. The van der Waals surface area contributed by atoms with Crippen LogP contribution in [0.4, 0.5) is 24.3 Å². The molecule has 88 valence electrons. The molecule has 0 bridgehead atoms. The summed E-state index contributed by atoms with van der Waals surface area (Å²) < 4.78 is 37.3. The molecule has 0 aromatic heterocycles. The number of rotatable bonds is 2. The Hall–Kier alpha value is 0.311. The summed E-state index contributed by atoms with van der Waals surface area (Å²) in [6, 6.07) is 7.21. The SMILES string of the molecule is CN1CCN(C[B-](F)(F)F)c2ccccc21.[K+]. The van der Waals surface area contributed by atoms with Crippen LogP contribution in [0.15, 0.2) is 24.3 Å². The van der Waals surface area contributed by atoms with Gasteiger partial charge in [-0.25, -0.2) is 0 Å². The molecule has 17 heavy (non-hydrogen) atoms. The first kappa shape index (κ1) is 15.4. The van der Waals surface area contributed by atoms with E-state index in [1.54, 1.807) is 12.1 Å². The van der Waals surface area contributed by atoms with Gasteiger partial charge in [0.1, 0.15) is 0 Å². The average molecular weight is 268 g/mol. The third-order valence-electron chi connectivity index (χ3n) is 2.77. The van der Waals surface area contributed by atoms with Gasteiger partial charge >= 0.3 is 58.4 Å². The zero-order chi connectivity index (χ0) is 11.8. The molecule has 1 heterocycles. The van der Waals surface area contributed by atoms with Gasteiger partial charge in [-0.3, -0.25) is 0 Å². The fraction of sp³-hybridized carbons (Fsp3) is 0.400. The smallest absolute Gasteiger partial charge is 0.448 e. The van der Waals surface area contributed by atoms with Crippen LogP contribution in [0, 0.1) is 0 Å². The molecule has 0 unspecified atom stereocenters. The van der Waals surface area contributed by atoms with Crippen molar-refractivity contribution in [2.45, 2.75) is 0 Å². The van der Waals surface area contributed by atoms with Crippen LogP contribution in [0.1, 0.15) is 0 Å². The van der Waals surface area contributed by atoms with Crippen LogP contribution in [0.2, 0.25) is 0 Å². The van der Waals surface area contributed by atoms with Crippen molar-refractivity contribution in [2.75, 3.05) is 36.4 Å². The summed E-state index contributed by atoms with van der Waals surface area (Å²) in [5, 5.41) is 0. The van der Waals surface area contributed by atoms with E-state index in [-0.39, 0.29) is 51.4 Å². The fourth-order valence-electron chi connectivity index (χ4n) is 2.01. The summed E-state index contributed by atoms with van der Waals surface area (Å²) in [7, 11) is 1.90. The van der Waals surface area contributed by atoms with Crippen LogP contribution < -0.4 is 61.2 Å². The molecule has 7 heteroatoms. The molecule has 0 aliphatic carbocycles. The third kappa shape index (κ3) is 3.89. The molecule has 1 aliphatic heterocycles. The van der Waals surface area contributed by atoms with Crippen LogP contribution in [-0.4, -0.2) is 33.6 Å². The summed E-state index contributed by atoms with van der Waals surface area (Å²) in [6.07, 6.45) is -0.815. The van der Waals surface area contributed by atoms with E-state index in [1.807, 2.05) is 24.1 Å². The van der Waals surface area contributed by atoms with Gasteiger partial charge in [0, 0.05) is 20.1 Å². The Bertz CT molecular complexity index is 386. The quantitative estimate of drug-likeness (QED) is 0.657. The largest absolute Gasteiger partial charge is 1.00 e. The van der Waals surface area contributed by atoms with Gasteiger partial charge in [-0.2, -0.15) is 0 Å². The predicted octanol–water partition coefficient (Wildman–Crippen LogP) is -0.667. The number of likely N-dealkylation sites (N-methyl/N-ethyl adjacent to an activating group) is 1. The van der Waals surface area contributed by atoms with E-state index < -0.39 is 13.4 Å². The number of para-hydroxylation sites is 2. The van der Waals surface area contributed by atoms with Crippen molar-refractivity contribution in [3.63, 3.8) is 0 Å². The number of nitrogens with zero attached hydrogens (tertiary/aromatic N) is 2. The van der Waals surface area contributed by atoms with Crippen molar-refractivity contribution < 1.29 is 64.3 Å². The normalized spacial score (nSPS) is 15.3. The fourth-order valence-corrected chi connectivity index (χ4v) is 2.01. The van der Waals surface area contributed by atoms with E-state index in [9.17, 15) is 12.9 Å². The topological polar surface area (TPSA) is 6.48 Å². The molecule has 0 N–H and O–H groups in total. The summed E-state index contributed by atoms with van der Waals surface area (Å²) in [4.78, 5) is 3.39. The van der Waals surface area contributed by atoms with E-state index in [4.69, 9.17) is 0 Å². The van der Waals surface area contributed by atoms with Gasteiger partial charge in [-0.05, 0) is 18.6 Å². The molecule has 0 saturated carbocycles. The van der Waals surface area contributed by atoms with Crippen LogP contribution in [-0.2, 0) is 0 Å². The maximum absolute atomic E-state index is 12.4. The van der Waals surface area contributed by atoms with Crippen molar-refractivity contribution in [1.82, 2.24) is 0 Å². The van der Waals surface area contributed by atoms with Crippen molar-refractivity contribution in [2.24, 2.45) is 0 Å². The molecule has 0 atom stereocenters. The third-order valence-corrected chi connectivity index (χ3v) is 2.77. The molecule has 0 radical (unpaired) electrons. The van der Waals surface area contributed by atoms with Crippen molar-refractivity contribution in [3.05, 3.63) is 24.3 Å². The van der Waals surface area contributed by atoms with Gasteiger partial charge in [0.15, 0.2) is 0 Å². The summed E-state index contributed by atoms with van der Waals surface area (Å²) >= 11 is 0. The number of fused-ring (bicyclic) bond motifs is 1. The number of anilines is 2. The van der Waals surface area contributed by atoms with Crippen LogP contribution in [0.25, 0.3) is 0 Å². The second kappa shape index (κ2) is 5.97. The Labute approximate surface area is 142 Å². The van der Waals surface area contributed by atoms with E-state index >= 15 is 0 Å². The predicted molar refractivity (Wildman–Crippen MR) is 61.0 cm³/mol. The summed E-state index contributed by atoms with van der Waals surface area (Å²) in [5.41, 5.74) is 1.55. The van der Waals surface area contributed by atoms with Gasteiger partial charge in [0.05, 0.1) is 11.4 Å². The molecule has 0 fully saturated rings. The second-order valence-electron chi connectivity index (χ2n) is 4.07. The molecular formula is C10H13BF3KN2. The Morgan fingerprint density at radius 3 is 2.29 bits per heavy atom. The molecule has 2 rings (SSSR count). The Morgan fingerprint density at radius 1 is 1.12 bits per heavy atom. The van der Waals surface area contributed by atoms with E-state index in [2.05, 4.69) is 0 Å². The van der Waals surface area contributed by atoms with E-state index in [0.717, 1.165) is 5.69 Å².